The number of nitrogens with zero attached hydrogens (tertiary/aromatic N) is 1. The van der Waals surface area contributed by atoms with Gasteiger partial charge in [0.05, 0.1) is 20.8 Å². The minimum absolute atomic E-state index is 0.0244. The molecule has 0 unspecified atom stereocenters. The van der Waals surface area contributed by atoms with Gasteiger partial charge in [-0.3, -0.25) is 4.79 Å². The average molecular weight is 376 g/mol. The van der Waals surface area contributed by atoms with Gasteiger partial charge in [0.25, 0.3) is 0 Å². The van der Waals surface area contributed by atoms with Crippen LogP contribution in [-0.2, 0) is 0 Å². The Hall–Kier alpha value is -3.72. The van der Waals surface area contributed by atoms with Crippen molar-refractivity contribution in [1.29, 1.82) is 5.26 Å². The number of hydrogen-bond acceptors (Lipinski definition) is 5. The van der Waals surface area contributed by atoms with Gasteiger partial charge in [-0.25, -0.2) is 0 Å². The number of allylic oxidation sites excluding steroid dienone is 1. The Balaban J connectivity index is 2.01. The first kappa shape index (κ1) is 19.1. The van der Waals surface area contributed by atoms with E-state index in [0.29, 0.717) is 40.4 Å². The molecule has 1 N–H and O–H groups in total. The van der Waals surface area contributed by atoms with Gasteiger partial charge < -0.3 is 19.2 Å². The van der Waals surface area contributed by atoms with E-state index in [4.69, 9.17) is 14.2 Å². The normalized spacial score (nSPS) is 11.1. The van der Waals surface area contributed by atoms with E-state index in [1.165, 1.54) is 0 Å². The number of ketones is 1. The maximum Gasteiger partial charge on any atom is 0.205 e. The van der Waals surface area contributed by atoms with Crippen LogP contribution in [0.25, 0.3) is 17.0 Å². The fourth-order valence-electron chi connectivity index (χ4n) is 2.93. The molecule has 0 radical (unpaired) electrons. The molecule has 0 spiro atoms. The summed E-state index contributed by atoms with van der Waals surface area (Å²) in [7, 11) is 3.12. The molecule has 3 rings (SSSR count). The van der Waals surface area contributed by atoms with Crippen LogP contribution in [0.1, 0.15) is 22.8 Å². The van der Waals surface area contributed by atoms with Gasteiger partial charge in [-0.2, -0.15) is 5.26 Å². The molecule has 0 aliphatic heterocycles. The number of hydrogen-bond donors (Lipinski definition) is 1. The van der Waals surface area contributed by atoms with Crippen molar-refractivity contribution >= 4 is 22.8 Å². The molecule has 6 nitrogen and oxygen atoms in total. The van der Waals surface area contributed by atoms with E-state index in [1.807, 2.05) is 19.1 Å². The molecule has 0 atom stereocenters. The summed E-state index contributed by atoms with van der Waals surface area (Å²) in [6, 6.07) is 12.7. The standard InChI is InChI=1S/C22H20N2O4/c1-4-28-21-10-14(5-8-20(21)27-3)9-15(12-23)22(25)18-13-24-19-7-6-16(26-2)11-17(18)19/h5-11,13,24H,4H2,1-3H3/b15-9+. The zero-order valence-corrected chi connectivity index (χ0v) is 15.9. The smallest absolute Gasteiger partial charge is 0.205 e. The van der Waals surface area contributed by atoms with Crippen LogP contribution in [-0.4, -0.2) is 31.6 Å². The predicted octanol–water partition coefficient (Wildman–Crippen LogP) is 4.37. The lowest BCUT2D eigenvalue weighted by atomic mass is 10.0. The molecule has 0 fully saturated rings. The molecule has 6 heteroatoms. The van der Waals surface area contributed by atoms with Gasteiger partial charge in [-0.15, -0.1) is 0 Å². The van der Waals surface area contributed by atoms with Crippen molar-refractivity contribution in [2.45, 2.75) is 6.92 Å². The topological polar surface area (TPSA) is 84.3 Å². The zero-order valence-electron chi connectivity index (χ0n) is 15.9. The van der Waals surface area contributed by atoms with Gasteiger partial charge in [0.1, 0.15) is 17.4 Å². The molecule has 0 aliphatic carbocycles. The van der Waals surface area contributed by atoms with E-state index >= 15 is 0 Å². The molecular weight excluding hydrogens is 356 g/mol. The molecule has 3 aromatic rings. The maximum atomic E-state index is 13.0. The second kappa shape index (κ2) is 8.31. The Bertz CT molecular complexity index is 1090. The Morgan fingerprint density at radius 1 is 1.14 bits per heavy atom. The fraction of sp³-hybridized carbons (Fsp3) is 0.182. The molecule has 0 amide bonds. The summed E-state index contributed by atoms with van der Waals surface area (Å²) in [6.45, 7) is 2.35. The van der Waals surface area contributed by atoms with Crippen molar-refractivity contribution in [2.75, 3.05) is 20.8 Å². The third-order valence-electron chi connectivity index (χ3n) is 4.30. The number of nitriles is 1. The van der Waals surface area contributed by atoms with E-state index in [0.717, 1.165) is 5.52 Å². The summed E-state index contributed by atoms with van der Waals surface area (Å²) in [4.78, 5) is 16.0. The first-order valence-electron chi connectivity index (χ1n) is 8.73. The van der Waals surface area contributed by atoms with E-state index in [1.54, 1.807) is 56.8 Å². The van der Waals surface area contributed by atoms with Crippen LogP contribution in [0.3, 0.4) is 0 Å². The average Bonchev–Trinajstić information content (AvgIpc) is 3.15. The SMILES string of the molecule is CCOc1cc(/C=C(\C#N)C(=O)c2c[nH]c3ccc(OC)cc23)ccc1OC. The number of fused-ring (bicyclic) bond motifs is 1. The molecule has 28 heavy (non-hydrogen) atoms. The van der Waals surface area contributed by atoms with Gasteiger partial charge in [-0.1, -0.05) is 6.07 Å². The van der Waals surface area contributed by atoms with Crippen molar-refractivity contribution < 1.29 is 19.0 Å². The summed E-state index contributed by atoms with van der Waals surface area (Å²) in [5, 5.41) is 10.3. The van der Waals surface area contributed by atoms with Crippen molar-refractivity contribution in [1.82, 2.24) is 4.98 Å². The van der Waals surface area contributed by atoms with Gasteiger partial charge >= 0.3 is 0 Å². The number of aromatic amines is 1. The second-order valence-corrected chi connectivity index (χ2v) is 5.96. The van der Waals surface area contributed by atoms with Gasteiger partial charge in [0, 0.05) is 22.7 Å². The van der Waals surface area contributed by atoms with Crippen LogP contribution in [0, 0.1) is 11.3 Å². The maximum absolute atomic E-state index is 13.0. The van der Waals surface area contributed by atoms with Gasteiger partial charge in [0.2, 0.25) is 5.78 Å². The largest absolute Gasteiger partial charge is 0.497 e. The lowest BCUT2D eigenvalue weighted by Crippen LogP contribution is -2.01. The molecule has 1 heterocycles. The lowest BCUT2D eigenvalue weighted by molar-refractivity contribution is 0.104. The number of methoxy groups -OCH3 is 2. The van der Waals surface area contributed by atoms with Crippen LogP contribution >= 0.6 is 0 Å². The number of carbonyl (C=O) groups excluding carboxylic acids is 1. The number of nitrogens with one attached hydrogen (secondary N) is 1. The molecule has 142 valence electrons. The third kappa shape index (κ3) is 3.69. The summed E-state index contributed by atoms with van der Waals surface area (Å²) in [5.74, 6) is 1.42. The minimum Gasteiger partial charge on any atom is -0.497 e. The number of aromatic nitrogens is 1. The second-order valence-electron chi connectivity index (χ2n) is 5.96. The number of Topliss-reactive ketones (excluding diaryl/α,β-unsaturated/α-hetero) is 1. The highest BCUT2D eigenvalue weighted by Gasteiger charge is 2.17. The Labute approximate surface area is 163 Å². The quantitative estimate of drug-likeness (QED) is 0.376. The molecule has 2 aromatic carbocycles. The van der Waals surface area contributed by atoms with Crippen LogP contribution in [0.2, 0.25) is 0 Å². The molecular formula is C22H20N2O4. The van der Waals surface area contributed by atoms with E-state index in [9.17, 15) is 10.1 Å². The number of ether oxygens (including phenoxy) is 3. The fourth-order valence-corrected chi connectivity index (χ4v) is 2.93. The molecule has 0 bridgehead atoms. The number of H-pyrrole nitrogens is 1. The minimum atomic E-state index is -0.365. The van der Waals surface area contributed by atoms with Crippen molar-refractivity contribution in [3.63, 3.8) is 0 Å². The number of benzene rings is 2. The summed E-state index contributed by atoms with van der Waals surface area (Å²) in [6.07, 6.45) is 3.15. The van der Waals surface area contributed by atoms with Crippen molar-refractivity contribution in [2.24, 2.45) is 0 Å². The summed E-state index contributed by atoms with van der Waals surface area (Å²) < 4.78 is 16.1. The molecule has 0 saturated heterocycles. The number of carbonyl (C=O) groups is 1. The van der Waals surface area contributed by atoms with E-state index in [-0.39, 0.29) is 11.4 Å². The van der Waals surface area contributed by atoms with Crippen molar-refractivity contribution in [3.8, 4) is 23.3 Å². The van der Waals surface area contributed by atoms with E-state index < -0.39 is 0 Å². The highest BCUT2D eigenvalue weighted by molar-refractivity contribution is 6.20. The monoisotopic (exact) mass is 376 g/mol. The number of rotatable bonds is 7. The van der Waals surface area contributed by atoms with Crippen LogP contribution in [0.4, 0.5) is 0 Å². The van der Waals surface area contributed by atoms with Crippen LogP contribution < -0.4 is 14.2 Å². The molecule has 0 saturated carbocycles. The molecule has 1 aromatic heterocycles. The zero-order chi connectivity index (χ0) is 20.1. The van der Waals surface area contributed by atoms with Crippen LogP contribution in [0.5, 0.6) is 17.2 Å². The Kier molecular flexibility index (Phi) is 5.66. The predicted molar refractivity (Wildman–Crippen MR) is 107 cm³/mol. The highest BCUT2D eigenvalue weighted by Crippen LogP contribution is 2.30. The summed E-state index contributed by atoms with van der Waals surface area (Å²) >= 11 is 0. The van der Waals surface area contributed by atoms with Gasteiger partial charge in [-0.05, 0) is 48.9 Å². The summed E-state index contributed by atoms with van der Waals surface area (Å²) in [5.41, 5.74) is 1.91. The lowest BCUT2D eigenvalue weighted by Gasteiger charge is -2.09. The highest BCUT2D eigenvalue weighted by atomic mass is 16.5. The Morgan fingerprint density at radius 3 is 2.64 bits per heavy atom. The molecule has 0 aliphatic rings. The van der Waals surface area contributed by atoms with Crippen molar-refractivity contribution in [3.05, 3.63) is 59.3 Å². The first-order chi connectivity index (χ1) is 13.6. The Morgan fingerprint density at radius 2 is 1.96 bits per heavy atom. The first-order valence-corrected chi connectivity index (χ1v) is 8.73. The third-order valence-corrected chi connectivity index (χ3v) is 4.30. The van der Waals surface area contributed by atoms with Crippen LogP contribution in [0.15, 0.2) is 48.2 Å². The van der Waals surface area contributed by atoms with Gasteiger partial charge in [0.15, 0.2) is 11.5 Å². The van der Waals surface area contributed by atoms with E-state index in [2.05, 4.69) is 4.98 Å².